The van der Waals surface area contributed by atoms with Crippen molar-refractivity contribution in [3.8, 4) is 0 Å². The van der Waals surface area contributed by atoms with Gasteiger partial charge in [0.2, 0.25) is 0 Å². The number of nitrogens with one attached hydrogen (secondary N) is 1. The largest absolute Gasteiger partial charge is 0.158 e. The Hall–Kier alpha value is -0.240. The van der Waals surface area contributed by atoms with Gasteiger partial charge in [0.1, 0.15) is 0 Å². The Morgan fingerprint density at radius 1 is 0.562 bits per heavy atom. The zero-order valence-corrected chi connectivity index (χ0v) is 11.3. The van der Waals surface area contributed by atoms with Gasteiger partial charge < -0.3 is 0 Å². The molecule has 1 fully saturated rings. The number of hydrogen-bond acceptors (Lipinski definition) is 6. The lowest BCUT2D eigenvalue weighted by molar-refractivity contribution is -0.427. The fourth-order valence-corrected chi connectivity index (χ4v) is 2.07. The van der Waals surface area contributed by atoms with Crippen LogP contribution in [0.25, 0.3) is 0 Å². The van der Waals surface area contributed by atoms with Gasteiger partial charge in [-0.3, -0.25) is 0 Å². The SMILES string of the molecule is CCN1NN(CC)N(CC)N(CC)N1CC. The van der Waals surface area contributed by atoms with Crippen LogP contribution < -0.4 is 5.53 Å². The first kappa shape index (κ1) is 13.8. The molecule has 0 bridgehead atoms. The highest BCUT2D eigenvalue weighted by Gasteiger charge is 2.33. The number of hydrazine groups is 6. The lowest BCUT2D eigenvalue weighted by Crippen LogP contribution is -2.76. The second kappa shape index (κ2) is 6.48. The summed E-state index contributed by atoms with van der Waals surface area (Å²) >= 11 is 0. The van der Waals surface area contributed by atoms with Crippen molar-refractivity contribution >= 4 is 0 Å². The van der Waals surface area contributed by atoms with Gasteiger partial charge in [0.15, 0.2) is 0 Å². The summed E-state index contributed by atoms with van der Waals surface area (Å²) in [5.74, 6) is 0. The molecule has 0 spiro atoms. The monoisotopic (exact) mass is 230 g/mol. The lowest BCUT2D eigenvalue weighted by Gasteiger charge is -2.54. The molecule has 0 aromatic carbocycles. The third-order valence-electron chi connectivity index (χ3n) is 2.77. The molecule has 1 rings (SSSR count). The predicted octanol–water partition coefficient (Wildman–Crippen LogP) is 0.689. The molecule has 1 N–H and O–H groups in total. The van der Waals surface area contributed by atoms with Gasteiger partial charge in [0, 0.05) is 32.7 Å². The van der Waals surface area contributed by atoms with Gasteiger partial charge in [0.05, 0.1) is 0 Å². The van der Waals surface area contributed by atoms with E-state index in [1.165, 1.54) is 0 Å². The first-order valence-electron chi connectivity index (χ1n) is 6.36. The number of hydrogen-bond donors (Lipinski definition) is 1. The molecule has 1 aliphatic rings. The molecule has 0 radical (unpaired) electrons. The van der Waals surface area contributed by atoms with Crippen molar-refractivity contribution < 1.29 is 0 Å². The summed E-state index contributed by atoms with van der Waals surface area (Å²) in [6, 6.07) is 0. The molecule has 0 atom stereocenters. The van der Waals surface area contributed by atoms with Crippen molar-refractivity contribution in [1.29, 1.82) is 0 Å². The average Bonchev–Trinajstić information content (AvgIpc) is 2.35. The standard InChI is InChI=1S/C10H26N6/c1-6-12-11-13(7-2)15(9-4)16(10-5)14(12)8-3/h11H,6-10H2,1-5H3. The highest BCUT2D eigenvalue weighted by Crippen LogP contribution is 2.13. The Morgan fingerprint density at radius 3 is 1.19 bits per heavy atom. The minimum Gasteiger partial charge on any atom is -0.158 e. The maximum Gasteiger partial charge on any atom is 0.0293 e. The fourth-order valence-electron chi connectivity index (χ4n) is 2.07. The smallest absolute Gasteiger partial charge is 0.0293 e. The molecule has 0 aliphatic carbocycles. The Kier molecular flexibility index (Phi) is 5.60. The number of nitrogens with zero attached hydrogens (tertiary/aromatic N) is 5. The molecule has 1 saturated heterocycles. The lowest BCUT2D eigenvalue weighted by atomic mass is 10.6. The van der Waals surface area contributed by atoms with Crippen LogP contribution in [-0.4, -0.2) is 58.3 Å². The van der Waals surface area contributed by atoms with E-state index < -0.39 is 0 Å². The molecule has 0 amide bonds. The summed E-state index contributed by atoms with van der Waals surface area (Å²) in [5.41, 5.74) is 3.40. The fraction of sp³-hybridized carbons (Fsp3) is 1.00. The first-order chi connectivity index (χ1) is 7.73. The third kappa shape index (κ3) is 2.53. The van der Waals surface area contributed by atoms with Gasteiger partial charge in [-0.1, -0.05) is 0 Å². The van der Waals surface area contributed by atoms with Gasteiger partial charge in [-0.25, -0.2) is 0 Å². The Bertz CT molecular complexity index is 182. The van der Waals surface area contributed by atoms with Crippen molar-refractivity contribution in [2.45, 2.75) is 34.6 Å². The van der Waals surface area contributed by atoms with Crippen LogP contribution in [0, 0.1) is 0 Å². The van der Waals surface area contributed by atoms with E-state index in [1.54, 1.807) is 0 Å². The Balaban J connectivity index is 2.85. The maximum absolute atomic E-state index is 3.40. The van der Waals surface area contributed by atoms with E-state index in [9.17, 15) is 0 Å². The van der Waals surface area contributed by atoms with E-state index in [0.717, 1.165) is 32.7 Å². The van der Waals surface area contributed by atoms with Crippen LogP contribution in [0.3, 0.4) is 0 Å². The molecule has 0 saturated carbocycles. The van der Waals surface area contributed by atoms with E-state index in [0.29, 0.717) is 0 Å². The molecule has 1 aliphatic heterocycles. The summed E-state index contributed by atoms with van der Waals surface area (Å²) in [4.78, 5) is 0. The molecule has 96 valence electrons. The minimum absolute atomic E-state index is 0.943. The van der Waals surface area contributed by atoms with Crippen LogP contribution >= 0.6 is 0 Å². The van der Waals surface area contributed by atoms with Crippen molar-refractivity contribution in [3.05, 3.63) is 0 Å². The normalized spacial score (nSPS) is 23.1. The van der Waals surface area contributed by atoms with Crippen LogP contribution in [0.1, 0.15) is 34.6 Å². The highest BCUT2D eigenvalue weighted by atomic mass is 16.2. The van der Waals surface area contributed by atoms with Gasteiger partial charge >= 0.3 is 0 Å². The molecule has 1 heterocycles. The van der Waals surface area contributed by atoms with Crippen molar-refractivity contribution in [1.82, 2.24) is 31.1 Å². The molecular weight excluding hydrogens is 204 g/mol. The van der Waals surface area contributed by atoms with Crippen LogP contribution in [0.15, 0.2) is 0 Å². The van der Waals surface area contributed by atoms with Crippen molar-refractivity contribution in [3.63, 3.8) is 0 Å². The molecule has 6 nitrogen and oxygen atoms in total. The van der Waals surface area contributed by atoms with Crippen LogP contribution in [-0.2, 0) is 0 Å². The molecule has 6 heteroatoms. The van der Waals surface area contributed by atoms with Crippen LogP contribution in [0.5, 0.6) is 0 Å². The quantitative estimate of drug-likeness (QED) is 0.747. The predicted molar refractivity (Wildman–Crippen MR) is 65.0 cm³/mol. The topological polar surface area (TPSA) is 28.2 Å². The second-order valence-corrected chi connectivity index (χ2v) is 3.60. The highest BCUT2D eigenvalue weighted by molar-refractivity contribution is 4.56. The third-order valence-corrected chi connectivity index (χ3v) is 2.77. The molecule has 16 heavy (non-hydrogen) atoms. The summed E-state index contributed by atoms with van der Waals surface area (Å²) in [6.45, 7) is 15.6. The maximum atomic E-state index is 3.40. The van der Waals surface area contributed by atoms with Crippen LogP contribution in [0.2, 0.25) is 0 Å². The minimum atomic E-state index is 0.943. The van der Waals surface area contributed by atoms with Crippen molar-refractivity contribution in [2.75, 3.05) is 32.7 Å². The van der Waals surface area contributed by atoms with Crippen LogP contribution in [0.4, 0.5) is 0 Å². The van der Waals surface area contributed by atoms with Crippen molar-refractivity contribution in [2.24, 2.45) is 0 Å². The molecular formula is C10H26N6. The summed E-state index contributed by atoms with van der Waals surface area (Å²) in [5, 5.41) is 11.0. The van der Waals surface area contributed by atoms with E-state index in [2.05, 4.69) is 65.7 Å². The van der Waals surface area contributed by atoms with Gasteiger partial charge in [0.25, 0.3) is 0 Å². The van der Waals surface area contributed by atoms with E-state index in [4.69, 9.17) is 0 Å². The van der Waals surface area contributed by atoms with E-state index in [-0.39, 0.29) is 0 Å². The van der Waals surface area contributed by atoms with E-state index >= 15 is 0 Å². The molecule has 0 aromatic heterocycles. The van der Waals surface area contributed by atoms with Gasteiger partial charge in [-0.05, 0) is 34.6 Å². The molecule has 0 aromatic rings. The Morgan fingerprint density at radius 2 is 0.938 bits per heavy atom. The first-order valence-corrected chi connectivity index (χ1v) is 6.36. The average molecular weight is 230 g/mol. The van der Waals surface area contributed by atoms with Gasteiger partial charge in [-0.2, -0.15) is 5.53 Å². The number of rotatable bonds is 5. The summed E-state index contributed by atoms with van der Waals surface area (Å²) in [7, 11) is 0. The van der Waals surface area contributed by atoms with Gasteiger partial charge in [-0.15, -0.1) is 25.6 Å². The molecule has 0 unspecified atom stereocenters. The Labute approximate surface area is 99.2 Å². The zero-order valence-electron chi connectivity index (χ0n) is 11.3. The summed E-state index contributed by atoms with van der Waals surface area (Å²) in [6.07, 6.45) is 0. The zero-order chi connectivity index (χ0) is 12.1. The summed E-state index contributed by atoms with van der Waals surface area (Å²) < 4.78 is 0. The van der Waals surface area contributed by atoms with E-state index in [1.807, 2.05) is 0 Å². The second-order valence-electron chi connectivity index (χ2n) is 3.60.